The number of rotatable bonds is 2. The molecule has 0 aliphatic heterocycles. The van der Waals surface area contributed by atoms with Gasteiger partial charge in [-0.25, -0.2) is 4.39 Å². The first-order valence-electron chi connectivity index (χ1n) is 3.44. The minimum Gasteiger partial charge on any atom is -0.396 e. The highest BCUT2D eigenvalue weighted by Crippen LogP contribution is 2.15. The van der Waals surface area contributed by atoms with Crippen molar-refractivity contribution in [1.29, 1.82) is 0 Å². The van der Waals surface area contributed by atoms with Gasteiger partial charge < -0.3 is 5.73 Å². The summed E-state index contributed by atoms with van der Waals surface area (Å²) in [5.41, 5.74) is 5.84. The highest BCUT2D eigenvalue weighted by Gasteiger charge is 2.05. The van der Waals surface area contributed by atoms with Crippen molar-refractivity contribution in [3.8, 4) is 0 Å². The molecule has 0 fully saturated rings. The van der Waals surface area contributed by atoms with Crippen LogP contribution in [0.1, 0.15) is 5.56 Å². The van der Waals surface area contributed by atoms with Crippen LogP contribution in [0.5, 0.6) is 0 Å². The van der Waals surface area contributed by atoms with Crippen LogP contribution in [-0.4, -0.2) is 10.5 Å². The van der Waals surface area contributed by atoms with Gasteiger partial charge in [0, 0.05) is 22.6 Å². The molecule has 2 nitrogen and oxygen atoms in total. The molecule has 0 heterocycles. The molecular weight excluding hydrogens is 177 g/mol. The Morgan fingerprint density at radius 3 is 2.83 bits per heavy atom. The van der Waals surface area contributed by atoms with Crippen LogP contribution in [0, 0.1) is 5.82 Å². The first-order chi connectivity index (χ1) is 5.61. The molecule has 0 aliphatic carbocycles. The summed E-state index contributed by atoms with van der Waals surface area (Å²) in [7, 11) is -1.03. The maximum absolute atomic E-state index is 13.1. The molecule has 0 aromatic heterocycles. The standard InChI is InChI=1S/C8H10FNOS/c1-12(11)5-6-3-2-4-7(10)8(6)9/h2-4H,5,10H2,1H3. The fraction of sp³-hybridized carbons (Fsp3) is 0.250. The number of benzene rings is 1. The van der Waals surface area contributed by atoms with E-state index >= 15 is 0 Å². The second-order valence-corrected chi connectivity index (χ2v) is 3.97. The Morgan fingerprint density at radius 2 is 2.25 bits per heavy atom. The molecule has 1 unspecified atom stereocenters. The average molecular weight is 187 g/mol. The highest BCUT2D eigenvalue weighted by atomic mass is 32.2. The molecule has 1 aromatic carbocycles. The molecular formula is C8H10FNOS. The largest absolute Gasteiger partial charge is 0.396 e. The highest BCUT2D eigenvalue weighted by molar-refractivity contribution is 7.83. The Labute approximate surface area is 73.0 Å². The van der Waals surface area contributed by atoms with Gasteiger partial charge in [-0.3, -0.25) is 4.21 Å². The molecule has 0 saturated carbocycles. The minimum atomic E-state index is -1.03. The third-order valence-electron chi connectivity index (χ3n) is 1.47. The Morgan fingerprint density at radius 1 is 1.58 bits per heavy atom. The quantitative estimate of drug-likeness (QED) is 0.709. The van der Waals surface area contributed by atoms with Crippen LogP contribution in [0.25, 0.3) is 0 Å². The van der Waals surface area contributed by atoms with Crippen molar-refractivity contribution < 1.29 is 8.60 Å². The lowest BCUT2D eigenvalue weighted by molar-refractivity contribution is 0.620. The van der Waals surface area contributed by atoms with E-state index in [4.69, 9.17) is 5.73 Å². The van der Waals surface area contributed by atoms with Crippen LogP contribution >= 0.6 is 0 Å². The van der Waals surface area contributed by atoms with E-state index in [0.717, 1.165) is 0 Å². The molecule has 1 aromatic rings. The SMILES string of the molecule is CS(=O)Cc1cccc(N)c1F. The second kappa shape index (κ2) is 3.67. The molecule has 0 aliphatic rings. The molecule has 1 rings (SSSR count). The molecule has 0 radical (unpaired) electrons. The molecule has 0 spiro atoms. The van der Waals surface area contributed by atoms with E-state index in [-0.39, 0.29) is 11.4 Å². The number of hydrogen-bond donors (Lipinski definition) is 1. The van der Waals surface area contributed by atoms with Gasteiger partial charge in [0.2, 0.25) is 0 Å². The van der Waals surface area contributed by atoms with Crippen molar-refractivity contribution >= 4 is 16.5 Å². The van der Waals surface area contributed by atoms with Crippen molar-refractivity contribution in [2.45, 2.75) is 5.75 Å². The lowest BCUT2D eigenvalue weighted by Gasteiger charge is -2.02. The number of nitrogens with two attached hydrogens (primary N) is 1. The Bertz CT molecular complexity index is 314. The van der Waals surface area contributed by atoms with Crippen LogP contribution in [0.2, 0.25) is 0 Å². The lowest BCUT2D eigenvalue weighted by atomic mass is 10.2. The molecule has 4 heteroatoms. The van der Waals surface area contributed by atoms with Crippen LogP contribution < -0.4 is 5.73 Å². The zero-order valence-electron chi connectivity index (χ0n) is 6.71. The minimum absolute atomic E-state index is 0.109. The van der Waals surface area contributed by atoms with Gasteiger partial charge in [0.1, 0.15) is 5.82 Å². The summed E-state index contributed by atoms with van der Waals surface area (Å²) < 4.78 is 23.9. The van der Waals surface area contributed by atoms with Gasteiger partial charge in [-0.2, -0.15) is 0 Å². The molecule has 1 atom stereocenters. The Balaban J connectivity index is 3.00. The predicted octanol–water partition coefficient (Wildman–Crippen LogP) is 1.29. The number of hydrogen-bond acceptors (Lipinski definition) is 2. The van der Waals surface area contributed by atoms with E-state index in [1.165, 1.54) is 12.3 Å². The van der Waals surface area contributed by atoms with Crippen molar-refractivity contribution in [1.82, 2.24) is 0 Å². The molecule has 0 bridgehead atoms. The van der Waals surface area contributed by atoms with E-state index in [9.17, 15) is 8.60 Å². The first-order valence-corrected chi connectivity index (χ1v) is 5.17. The fourth-order valence-electron chi connectivity index (χ4n) is 0.930. The lowest BCUT2D eigenvalue weighted by Crippen LogP contribution is -1.99. The maximum Gasteiger partial charge on any atom is 0.150 e. The molecule has 2 N–H and O–H groups in total. The normalized spacial score (nSPS) is 12.8. The molecule has 0 amide bonds. The van der Waals surface area contributed by atoms with Crippen molar-refractivity contribution in [2.75, 3.05) is 12.0 Å². The summed E-state index contributed by atoms with van der Waals surface area (Å²) in [6.45, 7) is 0. The van der Waals surface area contributed by atoms with E-state index in [2.05, 4.69) is 0 Å². The van der Waals surface area contributed by atoms with Gasteiger partial charge in [-0.1, -0.05) is 12.1 Å². The zero-order chi connectivity index (χ0) is 9.14. The number of halogens is 1. The summed E-state index contributed by atoms with van der Waals surface area (Å²) in [6, 6.07) is 4.73. The van der Waals surface area contributed by atoms with E-state index in [1.807, 2.05) is 0 Å². The Kier molecular flexibility index (Phi) is 2.81. The second-order valence-electron chi connectivity index (χ2n) is 2.54. The first kappa shape index (κ1) is 9.19. The van der Waals surface area contributed by atoms with Gasteiger partial charge in [0.25, 0.3) is 0 Å². The van der Waals surface area contributed by atoms with Crippen molar-refractivity contribution in [3.05, 3.63) is 29.6 Å². The summed E-state index contributed by atoms with van der Waals surface area (Å²) in [5.74, 6) is -0.232. The third-order valence-corrected chi connectivity index (χ3v) is 2.18. The van der Waals surface area contributed by atoms with Crippen LogP contribution in [0.15, 0.2) is 18.2 Å². The topological polar surface area (TPSA) is 43.1 Å². The van der Waals surface area contributed by atoms with Crippen molar-refractivity contribution in [2.24, 2.45) is 0 Å². The smallest absolute Gasteiger partial charge is 0.150 e. The zero-order valence-corrected chi connectivity index (χ0v) is 7.53. The number of anilines is 1. The number of nitrogen functional groups attached to an aromatic ring is 1. The Hall–Kier alpha value is -0.900. The van der Waals surface area contributed by atoms with Crippen LogP contribution in [-0.2, 0) is 16.6 Å². The van der Waals surface area contributed by atoms with E-state index in [1.54, 1.807) is 12.1 Å². The van der Waals surface area contributed by atoms with E-state index in [0.29, 0.717) is 5.56 Å². The summed E-state index contributed by atoms with van der Waals surface area (Å²) in [5, 5.41) is 0. The summed E-state index contributed by atoms with van der Waals surface area (Å²) in [4.78, 5) is 0. The van der Waals surface area contributed by atoms with Gasteiger partial charge in [0.05, 0.1) is 11.4 Å². The van der Waals surface area contributed by atoms with Gasteiger partial charge in [-0.05, 0) is 6.07 Å². The molecule has 12 heavy (non-hydrogen) atoms. The monoisotopic (exact) mass is 187 g/mol. The van der Waals surface area contributed by atoms with Crippen molar-refractivity contribution in [3.63, 3.8) is 0 Å². The summed E-state index contributed by atoms with van der Waals surface area (Å²) >= 11 is 0. The van der Waals surface area contributed by atoms with Gasteiger partial charge in [-0.15, -0.1) is 0 Å². The van der Waals surface area contributed by atoms with Crippen LogP contribution in [0.3, 0.4) is 0 Å². The molecule has 66 valence electrons. The predicted molar refractivity (Wildman–Crippen MR) is 48.6 cm³/mol. The van der Waals surface area contributed by atoms with Crippen LogP contribution in [0.4, 0.5) is 10.1 Å². The molecule has 0 saturated heterocycles. The van der Waals surface area contributed by atoms with Gasteiger partial charge >= 0.3 is 0 Å². The third kappa shape index (κ3) is 2.04. The fourth-order valence-corrected chi connectivity index (χ4v) is 1.59. The van der Waals surface area contributed by atoms with Gasteiger partial charge in [0.15, 0.2) is 0 Å². The summed E-state index contributed by atoms with van der Waals surface area (Å²) in [6.07, 6.45) is 1.53. The average Bonchev–Trinajstić information content (AvgIpc) is 1.98. The maximum atomic E-state index is 13.1. The van der Waals surface area contributed by atoms with E-state index < -0.39 is 16.6 Å².